The topological polar surface area (TPSA) is 34.1 Å². The van der Waals surface area contributed by atoms with E-state index in [4.69, 9.17) is 4.74 Å². The molecule has 1 spiro atoms. The van der Waals surface area contributed by atoms with Crippen LogP contribution in [0.2, 0.25) is 0 Å². The fourth-order valence-electron chi connectivity index (χ4n) is 3.15. The average Bonchev–Trinajstić information content (AvgIpc) is 2.74. The second-order valence-corrected chi connectivity index (χ2v) is 5.38. The van der Waals surface area contributed by atoms with E-state index in [0.717, 1.165) is 26.1 Å². The maximum atomic E-state index is 6.11. The number of piperidine rings is 1. The Balaban J connectivity index is 1.60. The Morgan fingerprint density at radius 3 is 3.06 bits per heavy atom. The van der Waals surface area contributed by atoms with Gasteiger partial charge in [-0.05, 0) is 56.3 Å². The van der Waals surface area contributed by atoms with E-state index >= 15 is 0 Å². The Morgan fingerprint density at radius 2 is 2.29 bits per heavy atom. The minimum Gasteiger partial charge on any atom is -0.375 e. The Labute approximate surface area is 103 Å². The fraction of sp³-hybridized carbons (Fsp3) is 0.643. The van der Waals surface area contributed by atoms with E-state index in [-0.39, 0.29) is 5.60 Å². The molecule has 2 aliphatic rings. The lowest BCUT2D eigenvalue weighted by atomic mass is 9.84. The maximum absolute atomic E-state index is 6.11. The summed E-state index contributed by atoms with van der Waals surface area (Å²) in [4.78, 5) is 4.18. The monoisotopic (exact) mass is 232 g/mol. The van der Waals surface area contributed by atoms with Crippen molar-refractivity contribution in [3.05, 3.63) is 30.1 Å². The summed E-state index contributed by atoms with van der Waals surface area (Å²) >= 11 is 0. The highest BCUT2D eigenvalue weighted by Crippen LogP contribution is 2.38. The maximum Gasteiger partial charge on any atom is 0.0710 e. The molecule has 2 aliphatic heterocycles. The largest absolute Gasteiger partial charge is 0.375 e. The predicted molar refractivity (Wildman–Crippen MR) is 66.8 cm³/mol. The molecular weight excluding hydrogens is 212 g/mol. The molecule has 3 heteroatoms. The Kier molecular flexibility index (Phi) is 3.12. The van der Waals surface area contributed by atoms with Crippen molar-refractivity contribution in [1.29, 1.82) is 0 Å². The first-order valence-corrected chi connectivity index (χ1v) is 6.60. The lowest BCUT2D eigenvalue weighted by molar-refractivity contribution is -0.0196. The van der Waals surface area contributed by atoms with Crippen LogP contribution in [-0.2, 0) is 11.2 Å². The smallest absolute Gasteiger partial charge is 0.0710 e. The van der Waals surface area contributed by atoms with Gasteiger partial charge in [-0.2, -0.15) is 0 Å². The highest BCUT2D eigenvalue weighted by molar-refractivity contribution is 5.10. The third kappa shape index (κ3) is 2.50. The highest BCUT2D eigenvalue weighted by Gasteiger charge is 2.40. The molecule has 1 unspecified atom stereocenters. The molecule has 0 aromatic carbocycles. The van der Waals surface area contributed by atoms with Crippen molar-refractivity contribution in [2.75, 3.05) is 19.7 Å². The summed E-state index contributed by atoms with van der Waals surface area (Å²) in [5.74, 6) is 0.678. The minimum atomic E-state index is 0.193. The number of pyridine rings is 1. The van der Waals surface area contributed by atoms with E-state index < -0.39 is 0 Å². The molecule has 3 nitrogen and oxygen atoms in total. The second-order valence-electron chi connectivity index (χ2n) is 5.38. The first kappa shape index (κ1) is 11.2. The normalized spacial score (nSPS) is 27.4. The third-order valence-electron chi connectivity index (χ3n) is 4.05. The number of aromatic nitrogens is 1. The quantitative estimate of drug-likeness (QED) is 0.844. The first-order valence-electron chi connectivity index (χ1n) is 6.60. The molecule has 17 heavy (non-hydrogen) atoms. The fourth-order valence-corrected chi connectivity index (χ4v) is 3.15. The lowest BCUT2D eigenvalue weighted by Gasteiger charge is -2.33. The number of hydrogen-bond acceptors (Lipinski definition) is 3. The average molecular weight is 232 g/mol. The number of ether oxygens (including phenoxy) is 1. The summed E-state index contributed by atoms with van der Waals surface area (Å²) in [6.45, 7) is 3.15. The number of nitrogens with one attached hydrogen (secondary N) is 1. The molecule has 0 radical (unpaired) electrons. The van der Waals surface area contributed by atoms with Crippen LogP contribution in [0.3, 0.4) is 0 Å². The summed E-state index contributed by atoms with van der Waals surface area (Å²) in [6, 6.07) is 4.19. The van der Waals surface area contributed by atoms with E-state index in [1.54, 1.807) is 0 Å². The molecule has 3 heterocycles. The van der Waals surface area contributed by atoms with Crippen molar-refractivity contribution in [3.8, 4) is 0 Å². The van der Waals surface area contributed by atoms with Crippen molar-refractivity contribution in [3.63, 3.8) is 0 Å². The van der Waals surface area contributed by atoms with Crippen molar-refractivity contribution < 1.29 is 4.74 Å². The molecule has 2 fully saturated rings. The molecular formula is C14H20N2O. The van der Waals surface area contributed by atoms with Crippen molar-refractivity contribution in [2.45, 2.75) is 31.3 Å². The Hall–Kier alpha value is -0.930. The van der Waals surface area contributed by atoms with Crippen LogP contribution in [0.4, 0.5) is 0 Å². The molecule has 0 saturated carbocycles. The van der Waals surface area contributed by atoms with Gasteiger partial charge in [0.2, 0.25) is 0 Å². The summed E-state index contributed by atoms with van der Waals surface area (Å²) in [7, 11) is 0. The summed E-state index contributed by atoms with van der Waals surface area (Å²) < 4.78 is 6.11. The van der Waals surface area contributed by atoms with E-state index in [2.05, 4.69) is 16.4 Å². The number of rotatable bonds is 2. The molecule has 2 saturated heterocycles. The molecule has 1 atom stereocenters. The van der Waals surface area contributed by atoms with Crippen LogP contribution >= 0.6 is 0 Å². The van der Waals surface area contributed by atoms with Gasteiger partial charge in [0.1, 0.15) is 0 Å². The molecule has 92 valence electrons. The zero-order chi connectivity index (χ0) is 11.6. The molecule has 3 rings (SSSR count). The van der Waals surface area contributed by atoms with Gasteiger partial charge in [0.15, 0.2) is 0 Å². The van der Waals surface area contributed by atoms with Gasteiger partial charge >= 0.3 is 0 Å². The molecule has 1 N–H and O–H groups in total. The van der Waals surface area contributed by atoms with Crippen LogP contribution in [0.5, 0.6) is 0 Å². The molecule has 0 aliphatic carbocycles. The zero-order valence-electron chi connectivity index (χ0n) is 10.2. The molecule has 1 aromatic heterocycles. The SMILES string of the molecule is c1cncc(CC2COC3(CCNCC3)C2)c1. The first-order chi connectivity index (χ1) is 8.36. The van der Waals surface area contributed by atoms with Crippen molar-refractivity contribution in [2.24, 2.45) is 5.92 Å². The second kappa shape index (κ2) is 4.75. The van der Waals surface area contributed by atoms with Gasteiger partial charge in [-0.25, -0.2) is 0 Å². The summed E-state index contributed by atoms with van der Waals surface area (Å²) in [5.41, 5.74) is 1.53. The van der Waals surface area contributed by atoms with Gasteiger partial charge in [-0.1, -0.05) is 6.07 Å². The Morgan fingerprint density at radius 1 is 1.41 bits per heavy atom. The zero-order valence-corrected chi connectivity index (χ0v) is 10.2. The molecule has 0 amide bonds. The lowest BCUT2D eigenvalue weighted by Crippen LogP contribution is -2.41. The van der Waals surface area contributed by atoms with Gasteiger partial charge in [0.05, 0.1) is 12.2 Å². The van der Waals surface area contributed by atoms with Gasteiger partial charge in [0.25, 0.3) is 0 Å². The van der Waals surface area contributed by atoms with Crippen molar-refractivity contribution >= 4 is 0 Å². The summed E-state index contributed by atoms with van der Waals surface area (Å²) in [5, 5.41) is 3.41. The van der Waals surface area contributed by atoms with Crippen LogP contribution in [0.25, 0.3) is 0 Å². The predicted octanol–water partition coefficient (Wildman–Crippen LogP) is 1.78. The van der Waals surface area contributed by atoms with Crippen LogP contribution in [-0.4, -0.2) is 30.3 Å². The van der Waals surface area contributed by atoms with E-state index in [1.807, 2.05) is 18.5 Å². The standard InChI is InChI=1S/C14H20N2O/c1-2-12(10-16-5-1)8-13-9-14(17-11-13)3-6-15-7-4-14/h1-2,5,10,13,15H,3-4,6-9,11H2. The Bertz CT molecular complexity index is 360. The number of hydrogen-bond donors (Lipinski definition) is 1. The van der Waals surface area contributed by atoms with E-state index in [1.165, 1.54) is 24.8 Å². The van der Waals surface area contributed by atoms with E-state index in [9.17, 15) is 0 Å². The third-order valence-corrected chi connectivity index (χ3v) is 4.05. The summed E-state index contributed by atoms with van der Waals surface area (Å²) in [6.07, 6.45) is 8.51. The van der Waals surface area contributed by atoms with Gasteiger partial charge in [-0.15, -0.1) is 0 Å². The minimum absolute atomic E-state index is 0.193. The van der Waals surface area contributed by atoms with Crippen LogP contribution in [0.1, 0.15) is 24.8 Å². The van der Waals surface area contributed by atoms with Crippen molar-refractivity contribution in [1.82, 2.24) is 10.3 Å². The van der Waals surface area contributed by atoms with Gasteiger partial charge in [0, 0.05) is 12.4 Å². The highest BCUT2D eigenvalue weighted by atomic mass is 16.5. The molecule has 0 bridgehead atoms. The van der Waals surface area contributed by atoms with Gasteiger partial charge in [-0.3, -0.25) is 4.98 Å². The van der Waals surface area contributed by atoms with Crippen LogP contribution in [0, 0.1) is 5.92 Å². The molecule has 1 aromatic rings. The van der Waals surface area contributed by atoms with E-state index in [0.29, 0.717) is 5.92 Å². The van der Waals surface area contributed by atoms with Crippen LogP contribution in [0.15, 0.2) is 24.5 Å². The van der Waals surface area contributed by atoms with Crippen LogP contribution < -0.4 is 5.32 Å². The van der Waals surface area contributed by atoms with Gasteiger partial charge < -0.3 is 10.1 Å². The number of nitrogens with zero attached hydrogens (tertiary/aromatic N) is 1.